The summed E-state index contributed by atoms with van der Waals surface area (Å²) < 4.78 is 5.60. The van der Waals surface area contributed by atoms with Crippen LogP contribution >= 0.6 is 11.6 Å². The van der Waals surface area contributed by atoms with Gasteiger partial charge in [0.1, 0.15) is 6.07 Å². The summed E-state index contributed by atoms with van der Waals surface area (Å²) in [7, 11) is 0. The highest BCUT2D eigenvalue weighted by Gasteiger charge is 2.30. The molecule has 0 N–H and O–H groups in total. The summed E-state index contributed by atoms with van der Waals surface area (Å²) in [6.45, 7) is 5.64. The molecule has 0 bridgehead atoms. The molecule has 0 radical (unpaired) electrons. The summed E-state index contributed by atoms with van der Waals surface area (Å²) >= 11 is 6.33. The summed E-state index contributed by atoms with van der Waals surface area (Å²) in [5.74, 6) is 1.16. The maximum Gasteiger partial charge on any atom is 0.236 e. The van der Waals surface area contributed by atoms with Gasteiger partial charge < -0.3 is 14.2 Å². The van der Waals surface area contributed by atoms with E-state index in [0.717, 1.165) is 36.4 Å². The summed E-state index contributed by atoms with van der Waals surface area (Å²) in [5, 5.41) is 10.0. The Morgan fingerprint density at radius 2 is 2.03 bits per heavy atom. The van der Waals surface area contributed by atoms with E-state index in [4.69, 9.17) is 16.0 Å². The number of rotatable bonds is 5. The molecule has 3 heterocycles. The fourth-order valence-corrected chi connectivity index (χ4v) is 4.60. The van der Waals surface area contributed by atoms with E-state index in [2.05, 4.69) is 22.0 Å². The van der Waals surface area contributed by atoms with Crippen molar-refractivity contribution in [3.63, 3.8) is 0 Å². The molecule has 0 spiro atoms. The Labute approximate surface area is 181 Å². The minimum Gasteiger partial charge on any atom is -0.424 e. The van der Waals surface area contributed by atoms with Crippen molar-refractivity contribution in [1.82, 2.24) is 14.8 Å². The zero-order valence-electron chi connectivity index (χ0n) is 17.2. The van der Waals surface area contributed by atoms with Crippen LogP contribution in [0.25, 0.3) is 0 Å². The van der Waals surface area contributed by atoms with Crippen LogP contribution in [0.4, 0.5) is 5.88 Å². The maximum atomic E-state index is 12.9. The number of halogens is 1. The van der Waals surface area contributed by atoms with E-state index in [0.29, 0.717) is 56.2 Å². The Morgan fingerprint density at radius 3 is 2.77 bits per heavy atom. The number of hydrogen-bond acceptors (Lipinski definition) is 6. The van der Waals surface area contributed by atoms with E-state index in [1.807, 2.05) is 28.0 Å². The SMILES string of the molecule is Cc1nc(C#N)c(N2CCN(C(=O)CN3CCCC3Cc3ccccc3Cl)CC2)o1. The fraction of sp³-hybridized carbons (Fsp3) is 0.500. The van der Waals surface area contributed by atoms with E-state index >= 15 is 0 Å². The number of amides is 1. The molecular formula is C22H26ClN5O2. The molecular weight excluding hydrogens is 402 g/mol. The van der Waals surface area contributed by atoms with E-state index in [1.165, 1.54) is 0 Å². The topological polar surface area (TPSA) is 76.6 Å². The lowest BCUT2D eigenvalue weighted by molar-refractivity contribution is -0.133. The number of carbonyl (C=O) groups is 1. The number of aromatic nitrogens is 1. The highest BCUT2D eigenvalue weighted by molar-refractivity contribution is 6.31. The average Bonchev–Trinajstić information content (AvgIpc) is 3.35. The lowest BCUT2D eigenvalue weighted by Gasteiger charge is -2.36. The number of hydrogen-bond donors (Lipinski definition) is 0. The monoisotopic (exact) mass is 427 g/mol. The second-order valence-electron chi connectivity index (χ2n) is 7.93. The molecule has 158 valence electrons. The molecule has 30 heavy (non-hydrogen) atoms. The number of anilines is 1. The Bertz CT molecular complexity index is 945. The Balaban J connectivity index is 1.32. The van der Waals surface area contributed by atoms with Crippen LogP contribution in [0.5, 0.6) is 0 Å². The first-order valence-corrected chi connectivity index (χ1v) is 10.8. The summed E-state index contributed by atoms with van der Waals surface area (Å²) in [4.78, 5) is 23.3. The van der Waals surface area contributed by atoms with Gasteiger partial charge in [-0.15, -0.1) is 0 Å². The van der Waals surface area contributed by atoms with Crippen molar-refractivity contribution in [1.29, 1.82) is 5.26 Å². The molecule has 0 saturated carbocycles. The van der Waals surface area contributed by atoms with Crippen molar-refractivity contribution in [2.24, 2.45) is 0 Å². The third kappa shape index (κ3) is 4.45. The van der Waals surface area contributed by atoms with Crippen molar-refractivity contribution in [2.45, 2.75) is 32.2 Å². The van der Waals surface area contributed by atoms with E-state index in [1.54, 1.807) is 6.92 Å². The van der Waals surface area contributed by atoms with Gasteiger partial charge in [-0.3, -0.25) is 9.69 Å². The number of likely N-dealkylation sites (tertiary alicyclic amines) is 1. The second-order valence-corrected chi connectivity index (χ2v) is 8.34. The largest absolute Gasteiger partial charge is 0.424 e. The van der Waals surface area contributed by atoms with Crippen LogP contribution in [0, 0.1) is 18.3 Å². The third-order valence-electron chi connectivity index (χ3n) is 5.99. The van der Waals surface area contributed by atoms with Gasteiger partial charge in [0.05, 0.1) is 6.54 Å². The summed E-state index contributed by atoms with van der Waals surface area (Å²) in [6.07, 6.45) is 3.08. The number of carbonyl (C=O) groups excluding carboxylic acids is 1. The molecule has 2 aliphatic heterocycles. The zero-order chi connectivity index (χ0) is 21.1. The average molecular weight is 428 g/mol. The van der Waals surface area contributed by atoms with Crippen LogP contribution in [0.2, 0.25) is 5.02 Å². The lowest BCUT2D eigenvalue weighted by atomic mass is 10.0. The van der Waals surface area contributed by atoms with Crippen LogP contribution in [-0.2, 0) is 11.2 Å². The molecule has 2 fully saturated rings. The summed E-state index contributed by atoms with van der Waals surface area (Å²) in [6, 6.07) is 10.4. The van der Waals surface area contributed by atoms with Crippen molar-refractivity contribution in [3.8, 4) is 6.07 Å². The van der Waals surface area contributed by atoms with E-state index < -0.39 is 0 Å². The van der Waals surface area contributed by atoms with Crippen molar-refractivity contribution < 1.29 is 9.21 Å². The molecule has 2 saturated heterocycles. The highest BCUT2D eigenvalue weighted by atomic mass is 35.5. The number of nitriles is 1. The standard InChI is InChI=1S/C22H26ClN5O2/c1-16-25-20(14-24)22(30-16)27-11-9-26(10-12-27)21(29)15-28-8-4-6-18(28)13-17-5-2-3-7-19(17)23/h2-3,5,7,18H,4,6,8-13,15H2,1H3. The normalized spacial score (nSPS) is 19.8. The Kier molecular flexibility index (Phi) is 6.26. The molecule has 2 aliphatic rings. The maximum absolute atomic E-state index is 12.9. The molecule has 1 aromatic heterocycles. The smallest absolute Gasteiger partial charge is 0.236 e. The second kappa shape index (κ2) is 9.07. The van der Waals surface area contributed by atoms with E-state index in [9.17, 15) is 10.1 Å². The van der Waals surface area contributed by atoms with Crippen molar-refractivity contribution in [2.75, 3.05) is 44.2 Å². The van der Waals surface area contributed by atoms with Gasteiger partial charge in [-0.1, -0.05) is 29.8 Å². The molecule has 1 unspecified atom stereocenters. The first-order chi connectivity index (χ1) is 14.5. The third-order valence-corrected chi connectivity index (χ3v) is 6.36. The van der Waals surface area contributed by atoms with Gasteiger partial charge in [0.15, 0.2) is 5.89 Å². The molecule has 0 aliphatic carbocycles. The first-order valence-electron chi connectivity index (χ1n) is 10.4. The molecule has 1 amide bonds. The molecule has 7 nitrogen and oxygen atoms in total. The zero-order valence-corrected chi connectivity index (χ0v) is 17.9. The quantitative estimate of drug-likeness (QED) is 0.730. The Morgan fingerprint density at radius 1 is 1.27 bits per heavy atom. The fourth-order valence-electron chi connectivity index (χ4n) is 4.39. The van der Waals surface area contributed by atoms with Crippen LogP contribution in [0.3, 0.4) is 0 Å². The van der Waals surface area contributed by atoms with Gasteiger partial charge in [-0.05, 0) is 37.4 Å². The highest BCUT2D eigenvalue weighted by Crippen LogP contribution is 2.26. The minimum absolute atomic E-state index is 0.162. The van der Waals surface area contributed by atoms with Crippen molar-refractivity contribution >= 4 is 23.4 Å². The number of oxazole rings is 1. The number of benzene rings is 1. The van der Waals surface area contributed by atoms with Crippen LogP contribution < -0.4 is 4.90 Å². The van der Waals surface area contributed by atoms with Crippen molar-refractivity contribution in [3.05, 3.63) is 46.4 Å². The Hall–Kier alpha value is -2.56. The van der Waals surface area contributed by atoms with Crippen LogP contribution in [0.15, 0.2) is 28.7 Å². The van der Waals surface area contributed by atoms with Crippen LogP contribution in [-0.4, -0.2) is 66.0 Å². The lowest BCUT2D eigenvalue weighted by Crippen LogP contribution is -2.52. The molecule has 4 rings (SSSR count). The molecule has 8 heteroatoms. The van der Waals surface area contributed by atoms with E-state index in [-0.39, 0.29) is 5.91 Å². The first kappa shape index (κ1) is 20.7. The van der Waals surface area contributed by atoms with Gasteiger partial charge in [0.2, 0.25) is 17.5 Å². The van der Waals surface area contributed by atoms with Gasteiger partial charge in [-0.25, -0.2) is 4.98 Å². The van der Waals surface area contributed by atoms with Gasteiger partial charge in [0, 0.05) is 44.2 Å². The molecule has 2 aromatic rings. The summed E-state index contributed by atoms with van der Waals surface area (Å²) in [5.41, 5.74) is 1.46. The predicted molar refractivity (Wildman–Crippen MR) is 114 cm³/mol. The minimum atomic E-state index is 0.162. The molecule has 1 atom stereocenters. The number of aryl methyl sites for hydroxylation is 1. The van der Waals surface area contributed by atoms with Gasteiger partial charge >= 0.3 is 0 Å². The number of nitrogens with zero attached hydrogens (tertiary/aromatic N) is 5. The number of piperazine rings is 1. The predicted octanol–water partition coefficient (Wildman–Crippen LogP) is 2.86. The van der Waals surface area contributed by atoms with Gasteiger partial charge in [0.25, 0.3) is 0 Å². The van der Waals surface area contributed by atoms with Gasteiger partial charge in [-0.2, -0.15) is 5.26 Å². The molecule has 1 aromatic carbocycles. The van der Waals surface area contributed by atoms with Crippen LogP contribution in [0.1, 0.15) is 30.0 Å².